The summed E-state index contributed by atoms with van der Waals surface area (Å²) in [4.78, 5) is 9.69. The molecule has 0 aliphatic heterocycles. The topological polar surface area (TPSA) is 61.6 Å². The molecular formula is C3H7Cl3NO4P. The third-order valence-corrected chi connectivity index (χ3v) is 2.11. The summed E-state index contributed by atoms with van der Waals surface area (Å²) in [6.07, 6.45) is 0. The van der Waals surface area contributed by atoms with Crippen molar-refractivity contribution in [3.05, 3.63) is 0 Å². The van der Waals surface area contributed by atoms with Crippen LogP contribution >= 0.6 is 43.2 Å². The average molecular weight is 258 g/mol. The van der Waals surface area contributed by atoms with Crippen LogP contribution in [0.25, 0.3) is 0 Å². The fourth-order valence-corrected chi connectivity index (χ4v) is 0.287. The van der Waals surface area contributed by atoms with Gasteiger partial charge >= 0.3 is 7.82 Å². The molecule has 0 saturated carbocycles. The van der Waals surface area contributed by atoms with Crippen molar-refractivity contribution in [2.45, 2.75) is 0 Å². The fourth-order valence-electron chi connectivity index (χ4n) is 0.0106. The molecule has 0 amide bonds. The van der Waals surface area contributed by atoms with Gasteiger partial charge in [0, 0.05) is 0 Å². The quantitative estimate of drug-likeness (QED) is 0.426. The molecule has 0 N–H and O–H groups in total. The van der Waals surface area contributed by atoms with Crippen LogP contribution in [-0.2, 0) is 12.7 Å². The van der Waals surface area contributed by atoms with Crippen LogP contribution in [0.1, 0.15) is 0 Å². The molecule has 0 heterocycles. The lowest BCUT2D eigenvalue weighted by Crippen LogP contribution is -1.98. The first-order chi connectivity index (χ1) is 5.39. The number of nitrogens with zero attached hydrogens (tertiary/aromatic N) is 1. The lowest BCUT2D eigenvalue weighted by Gasteiger charge is -2.10. The lowest BCUT2D eigenvalue weighted by atomic mass is 11.1. The summed E-state index contributed by atoms with van der Waals surface area (Å²) < 4.78 is 17.9. The van der Waals surface area contributed by atoms with E-state index in [-0.39, 0.29) is 0 Å². The second-order valence-corrected chi connectivity index (χ2v) is 3.84. The second-order valence-electron chi connectivity index (χ2n) is 1.65. The Kier molecular flexibility index (Phi) is 10.4. The zero-order chi connectivity index (χ0) is 10.2. The largest absolute Gasteiger partial charge is 0.754 e. The predicted octanol–water partition coefficient (Wildman–Crippen LogP) is 1.32. The Morgan fingerprint density at radius 3 is 1.67 bits per heavy atom. The summed E-state index contributed by atoms with van der Waals surface area (Å²) in [5.41, 5.74) is 1.47. The molecule has 0 radical (unpaired) electrons. The molecule has 0 rings (SSSR count). The van der Waals surface area contributed by atoms with E-state index in [1.54, 1.807) is 4.58 Å². The normalized spacial score (nSPS) is 9.83. The smallest absolute Gasteiger partial charge is 0.301 e. The number of hydrogen-bond donors (Lipinski definition) is 0. The van der Waals surface area contributed by atoms with Gasteiger partial charge in [-0.3, -0.25) is 4.57 Å². The Hall–Kier alpha value is 0.650. The molecule has 74 valence electrons. The number of phosphoric acid groups is 1. The average Bonchev–Trinajstić information content (AvgIpc) is 2.05. The molecule has 0 unspecified atom stereocenters. The highest BCUT2D eigenvalue weighted by molar-refractivity contribution is 7.47. The monoisotopic (exact) mass is 257 g/mol. The van der Waals surface area contributed by atoms with Gasteiger partial charge in [-0.05, 0) is 11.6 Å². The minimum absolute atomic E-state index is 1.47. The summed E-state index contributed by atoms with van der Waals surface area (Å²) in [6, 6.07) is 0. The van der Waals surface area contributed by atoms with E-state index < -0.39 is 7.82 Å². The molecule has 0 atom stereocenters. The maximum Gasteiger partial charge on any atom is 0.301 e. The van der Waals surface area contributed by atoms with E-state index in [2.05, 4.69) is 31.9 Å². The highest BCUT2D eigenvalue weighted by Gasteiger charge is 2.04. The van der Waals surface area contributed by atoms with E-state index in [1.807, 2.05) is 14.1 Å². The van der Waals surface area contributed by atoms with Crippen molar-refractivity contribution in [1.29, 1.82) is 0 Å². The van der Waals surface area contributed by atoms with Gasteiger partial charge in [0.1, 0.15) is 14.1 Å². The molecule has 5 nitrogen and oxygen atoms in total. The Morgan fingerprint density at radius 2 is 1.67 bits per heavy atom. The van der Waals surface area contributed by atoms with Crippen LogP contribution in [0.15, 0.2) is 0 Å². The third kappa shape index (κ3) is 13.3. The fraction of sp³-hybridized carbons (Fsp3) is 0.667. The standard InChI is InChI=1S/C3H7ClN.Cl2HO4P/c1-5(2)3-4;1-5-7(3,4)6-2/h3H,1-2H3;(H,3,4)/q+1;/p-1. The number of rotatable bonds is 2. The van der Waals surface area contributed by atoms with Crippen LogP contribution in [0, 0.1) is 0 Å². The van der Waals surface area contributed by atoms with Gasteiger partial charge in [-0.25, -0.2) is 12.7 Å². The lowest BCUT2D eigenvalue weighted by molar-refractivity contribution is -0.457. The summed E-state index contributed by atoms with van der Waals surface area (Å²) in [5.74, 6) is 0. The first-order valence-corrected chi connectivity index (χ1v) is 4.92. The van der Waals surface area contributed by atoms with Gasteiger partial charge in [-0.15, -0.1) is 0 Å². The molecule has 0 aliphatic carbocycles. The minimum atomic E-state index is -4.37. The van der Waals surface area contributed by atoms with Gasteiger partial charge in [-0.2, -0.15) is 0 Å². The van der Waals surface area contributed by atoms with Crippen LogP contribution in [-0.4, -0.2) is 24.3 Å². The van der Waals surface area contributed by atoms with Gasteiger partial charge in [0.2, 0.25) is 5.67 Å². The SMILES string of the molecule is C[N+](C)=CCl.O=P([O-])(OCl)OCl. The zero-order valence-corrected chi connectivity index (χ0v) is 9.40. The van der Waals surface area contributed by atoms with E-state index >= 15 is 0 Å². The van der Waals surface area contributed by atoms with E-state index in [0.717, 1.165) is 0 Å². The molecule has 0 aromatic heterocycles. The summed E-state index contributed by atoms with van der Waals surface area (Å²) in [7, 11) is -0.637. The summed E-state index contributed by atoms with van der Waals surface area (Å²) in [6.45, 7) is 0. The first-order valence-electron chi connectivity index (χ1n) is 2.41. The molecule has 0 bridgehead atoms. The number of hydrogen-bond acceptors (Lipinski definition) is 4. The Morgan fingerprint density at radius 1 is 1.42 bits per heavy atom. The first kappa shape index (κ1) is 15.1. The van der Waals surface area contributed by atoms with Crippen LogP contribution in [0.2, 0.25) is 0 Å². The van der Waals surface area contributed by atoms with Crippen LogP contribution in [0.3, 0.4) is 0 Å². The van der Waals surface area contributed by atoms with E-state index in [9.17, 15) is 9.46 Å². The molecule has 9 heteroatoms. The maximum absolute atomic E-state index is 9.69. The zero-order valence-electron chi connectivity index (χ0n) is 6.24. The number of halogens is 3. The van der Waals surface area contributed by atoms with Crippen molar-refractivity contribution in [2.24, 2.45) is 0 Å². The Labute approximate surface area is 85.4 Å². The van der Waals surface area contributed by atoms with E-state index in [0.29, 0.717) is 0 Å². The van der Waals surface area contributed by atoms with Crippen molar-refractivity contribution in [2.75, 3.05) is 14.1 Å². The van der Waals surface area contributed by atoms with Gasteiger partial charge < -0.3 is 4.89 Å². The van der Waals surface area contributed by atoms with E-state index in [1.165, 1.54) is 5.67 Å². The van der Waals surface area contributed by atoms with Crippen LogP contribution < -0.4 is 4.89 Å². The molecule has 0 aromatic rings. The highest BCUT2D eigenvalue weighted by atomic mass is 35.5. The van der Waals surface area contributed by atoms with Gasteiger partial charge in [0.05, 0.1) is 23.7 Å². The van der Waals surface area contributed by atoms with Crippen molar-refractivity contribution in [3.63, 3.8) is 0 Å². The summed E-state index contributed by atoms with van der Waals surface area (Å²) in [5, 5.41) is 0. The van der Waals surface area contributed by atoms with E-state index in [4.69, 9.17) is 11.6 Å². The van der Waals surface area contributed by atoms with Gasteiger partial charge in [0.15, 0.2) is 0 Å². The van der Waals surface area contributed by atoms with Crippen molar-refractivity contribution >= 4 is 48.8 Å². The highest BCUT2D eigenvalue weighted by Crippen LogP contribution is 2.40. The van der Waals surface area contributed by atoms with Crippen molar-refractivity contribution in [3.8, 4) is 0 Å². The summed E-state index contributed by atoms with van der Waals surface area (Å²) >= 11 is 13.8. The molecule has 0 aliphatic rings. The Balaban J connectivity index is 0. The molecule has 12 heavy (non-hydrogen) atoms. The third-order valence-electron chi connectivity index (χ3n) is 0.364. The van der Waals surface area contributed by atoms with Crippen LogP contribution in [0.4, 0.5) is 0 Å². The van der Waals surface area contributed by atoms with Gasteiger partial charge in [0.25, 0.3) is 0 Å². The molecular weight excluding hydrogens is 251 g/mol. The molecule has 0 saturated heterocycles. The molecule has 0 fully saturated rings. The molecule has 0 aromatic carbocycles. The van der Waals surface area contributed by atoms with Crippen molar-refractivity contribution in [1.82, 2.24) is 0 Å². The minimum Gasteiger partial charge on any atom is -0.754 e. The Bertz CT molecular complexity index is 174. The second kappa shape index (κ2) is 8.26. The predicted molar refractivity (Wildman–Crippen MR) is 45.5 cm³/mol. The molecule has 0 spiro atoms. The van der Waals surface area contributed by atoms with Crippen molar-refractivity contribution < 1.29 is 22.2 Å². The maximum atomic E-state index is 9.69. The van der Waals surface area contributed by atoms with Gasteiger partial charge in [-0.1, -0.05) is 0 Å². The van der Waals surface area contributed by atoms with Crippen LogP contribution in [0.5, 0.6) is 0 Å².